The van der Waals surface area contributed by atoms with Gasteiger partial charge in [-0.15, -0.1) is 11.3 Å². The molecule has 8 aromatic carbocycles. The van der Waals surface area contributed by atoms with Gasteiger partial charge in [-0.1, -0.05) is 164 Å². The summed E-state index contributed by atoms with van der Waals surface area (Å²) in [6, 6.07) is 67.1. The number of nitrogens with zero attached hydrogens (tertiary/aromatic N) is 4. The summed E-state index contributed by atoms with van der Waals surface area (Å²) in [6.07, 6.45) is -0.730. The normalized spacial score (nSPS) is 16.4. The minimum Gasteiger partial charge on any atom is -0.455 e. The molecular formula is C54H36N6OS. The van der Waals surface area contributed by atoms with Crippen LogP contribution in [-0.2, 0) is 0 Å². The largest absolute Gasteiger partial charge is 0.455 e. The standard InChI is InChI=1S/C54H36N6OS/c1-4-15-34(16-5-1)49-55-50(35-17-6-2-7-18-35)57-52(56-49)37-29-27-33(28-30-37)42-31-43-39-22-11-13-26-46(39)62-47(43)32-44(42)54-59-51(36-19-8-3-9-20-36)58-53(60-54)41-24-14-23-40-38-21-10-12-25-45(38)61-48(40)41/h1-32,51-52H,(H,55,56,57)(H,58,59,60). The maximum atomic E-state index is 6.54. The van der Waals surface area contributed by atoms with Gasteiger partial charge in [-0.05, 0) is 52.6 Å². The fourth-order valence-corrected chi connectivity index (χ4v) is 9.69. The summed E-state index contributed by atoms with van der Waals surface area (Å²) in [5, 5.41) is 11.9. The van der Waals surface area contributed by atoms with Crippen LogP contribution in [0.4, 0.5) is 0 Å². The molecule has 2 aromatic heterocycles. The summed E-state index contributed by atoms with van der Waals surface area (Å²) in [6.45, 7) is 0. The first-order valence-corrected chi connectivity index (χ1v) is 21.5. The molecule has 7 nitrogen and oxygen atoms in total. The van der Waals surface area contributed by atoms with Crippen molar-refractivity contribution < 1.29 is 4.42 Å². The summed E-state index contributed by atoms with van der Waals surface area (Å²) in [4.78, 5) is 20.8. The third-order valence-corrected chi connectivity index (χ3v) is 12.8. The molecule has 0 saturated carbocycles. The predicted octanol–water partition coefficient (Wildman–Crippen LogP) is 12.6. The zero-order valence-electron chi connectivity index (χ0n) is 33.2. The van der Waals surface area contributed by atoms with Crippen molar-refractivity contribution in [1.82, 2.24) is 10.6 Å². The SMILES string of the molecule is c1ccc(C2=NC(c3ccc(-c4cc5c(cc4C4=NC(c6cccc7c6oc6ccccc67)=NC(c6ccccc6)N4)sc4ccccc45)cc3)NC(c3ccccc3)=N2)cc1. The quantitative estimate of drug-likeness (QED) is 0.168. The summed E-state index contributed by atoms with van der Waals surface area (Å²) < 4.78 is 8.97. The first kappa shape index (κ1) is 36.0. The van der Waals surface area contributed by atoms with E-state index in [0.29, 0.717) is 11.7 Å². The molecular weight excluding hydrogens is 781 g/mol. The summed E-state index contributed by atoms with van der Waals surface area (Å²) in [5.74, 6) is 2.83. The maximum Gasteiger partial charge on any atom is 0.163 e. The molecule has 10 aromatic rings. The third-order valence-electron chi connectivity index (χ3n) is 11.6. The first-order chi connectivity index (χ1) is 30.7. The van der Waals surface area contributed by atoms with Crippen molar-refractivity contribution in [3.05, 3.63) is 228 Å². The molecule has 2 aliphatic heterocycles. The van der Waals surface area contributed by atoms with Crippen molar-refractivity contribution in [3.63, 3.8) is 0 Å². The van der Waals surface area contributed by atoms with Gasteiger partial charge in [-0.25, -0.2) is 20.0 Å². The molecule has 2 N–H and O–H groups in total. The van der Waals surface area contributed by atoms with Crippen LogP contribution in [0.3, 0.4) is 0 Å². The lowest BCUT2D eigenvalue weighted by Gasteiger charge is -2.25. The Kier molecular flexibility index (Phi) is 8.67. The minimum atomic E-state index is -0.388. The Morgan fingerprint density at radius 3 is 1.81 bits per heavy atom. The number of nitrogens with one attached hydrogen (secondary N) is 2. The van der Waals surface area contributed by atoms with Crippen LogP contribution in [0.25, 0.3) is 53.2 Å². The van der Waals surface area contributed by atoms with Crippen molar-refractivity contribution in [2.24, 2.45) is 20.0 Å². The Hall–Kier alpha value is -7.94. The fraction of sp³-hybridized carbons (Fsp3) is 0.0370. The number of benzene rings is 8. The molecule has 0 bridgehead atoms. The zero-order valence-corrected chi connectivity index (χ0v) is 34.1. The van der Waals surface area contributed by atoms with Crippen LogP contribution in [0.15, 0.2) is 219 Å². The topological polar surface area (TPSA) is 86.6 Å². The van der Waals surface area contributed by atoms with E-state index in [9.17, 15) is 0 Å². The number of thiophene rings is 1. The van der Waals surface area contributed by atoms with Gasteiger partial charge in [0.05, 0.1) is 5.56 Å². The minimum absolute atomic E-state index is 0.342. The van der Waals surface area contributed by atoms with Crippen LogP contribution < -0.4 is 10.6 Å². The highest BCUT2D eigenvalue weighted by molar-refractivity contribution is 7.25. The molecule has 12 rings (SSSR count). The Morgan fingerprint density at radius 2 is 1.02 bits per heavy atom. The van der Waals surface area contributed by atoms with Gasteiger partial charge in [-0.3, -0.25) is 0 Å². The van der Waals surface area contributed by atoms with Gasteiger partial charge in [0.1, 0.15) is 35.2 Å². The molecule has 2 aliphatic rings. The van der Waals surface area contributed by atoms with Gasteiger partial charge in [0, 0.05) is 47.6 Å². The summed E-state index contributed by atoms with van der Waals surface area (Å²) in [7, 11) is 0. The van der Waals surface area contributed by atoms with Crippen LogP contribution in [0, 0.1) is 0 Å². The van der Waals surface area contributed by atoms with E-state index < -0.39 is 0 Å². The Bertz CT molecular complexity index is 3460. The molecule has 0 saturated heterocycles. The second kappa shape index (κ2) is 15.0. The van der Waals surface area contributed by atoms with Crippen molar-refractivity contribution >= 4 is 76.8 Å². The summed E-state index contributed by atoms with van der Waals surface area (Å²) in [5.41, 5.74) is 9.61. The van der Waals surface area contributed by atoms with Crippen molar-refractivity contribution in [1.29, 1.82) is 0 Å². The van der Waals surface area contributed by atoms with E-state index in [-0.39, 0.29) is 12.3 Å². The molecule has 0 amide bonds. The highest BCUT2D eigenvalue weighted by Gasteiger charge is 2.27. The number of aliphatic imine (C=N–C) groups is 4. The smallest absolute Gasteiger partial charge is 0.163 e. The lowest BCUT2D eigenvalue weighted by atomic mass is 9.94. The van der Waals surface area contributed by atoms with Gasteiger partial charge >= 0.3 is 0 Å². The lowest BCUT2D eigenvalue weighted by Crippen LogP contribution is -2.34. The van der Waals surface area contributed by atoms with Crippen molar-refractivity contribution in [2.75, 3.05) is 0 Å². The fourth-order valence-electron chi connectivity index (χ4n) is 8.57. The van der Waals surface area contributed by atoms with E-state index in [1.54, 1.807) is 11.3 Å². The molecule has 0 aliphatic carbocycles. The van der Waals surface area contributed by atoms with E-state index in [4.69, 9.17) is 24.4 Å². The molecule has 2 unspecified atom stereocenters. The van der Waals surface area contributed by atoms with Gasteiger partial charge in [-0.2, -0.15) is 0 Å². The van der Waals surface area contributed by atoms with Crippen LogP contribution in [0.2, 0.25) is 0 Å². The number of hydrogen-bond acceptors (Lipinski definition) is 8. The molecule has 0 spiro atoms. The average Bonchev–Trinajstić information content (AvgIpc) is 3.92. The number of amidine groups is 4. The van der Waals surface area contributed by atoms with E-state index in [1.807, 2.05) is 60.7 Å². The molecule has 62 heavy (non-hydrogen) atoms. The van der Waals surface area contributed by atoms with Crippen molar-refractivity contribution in [3.8, 4) is 11.1 Å². The van der Waals surface area contributed by atoms with Crippen molar-refractivity contribution in [2.45, 2.75) is 12.3 Å². The second-order valence-electron chi connectivity index (χ2n) is 15.5. The number of furan rings is 1. The molecule has 0 radical (unpaired) electrons. The monoisotopic (exact) mass is 816 g/mol. The molecule has 4 heterocycles. The lowest BCUT2D eigenvalue weighted by molar-refractivity contribution is 0.663. The number of hydrogen-bond donors (Lipinski definition) is 2. The number of para-hydroxylation sites is 2. The highest BCUT2D eigenvalue weighted by Crippen LogP contribution is 2.40. The Morgan fingerprint density at radius 1 is 0.403 bits per heavy atom. The van der Waals surface area contributed by atoms with Crippen LogP contribution in [0.5, 0.6) is 0 Å². The van der Waals surface area contributed by atoms with Gasteiger partial charge in [0.2, 0.25) is 0 Å². The van der Waals surface area contributed by atoms with Gasteiger partial charge < -0.3 is 15.1 Å². The zero-order chi connectivity index (χ0) is 41.0. The van der Waals surface area contributed by atoms with Crippen LogP contribution in [-0.4, -0.2) is 23.3 Å². The van der Waals surface area contributed by atoms with Crippen LogP contribution >= 0.6 is 11.3 Å². The predicted molar refractivity (Wildman–Crippen MR) is 256 cm³/mol. The average molecular weight is 817 g/mol. The van der Waals surface area contributed by atoms with E-state index in [1.165, 1.54) is 20.2 Å². The summed E-state index contributed by atoms with van der Waals surface area (Å²) >= 11 is 1.80. The van der Waals surface area contributed by atoms with E-state index >= 15 is 0 Å². The maximum absolute atomic E-state index is 6.54. The first-order valence-electron chi connectivity index (χ1n) is 20.7. The van der Waals surface area contributed by atoms with Gasteiger partial charge in [0.25, 0.3) is 0 Å². The second-order valence-corrected chi connectivity index (χ2v) is 16.5. The molecule has 8 heteroatoms. The van der Waals surface area contributed by atoms with E-state index in [2.05, 4.69) is 144 Å². The molecule has 2 atom stereocenters. The third kappa shape index (κ3) is 6.36. The molecule has 294 valence electrons. The number of fused-ring (bicyclic) bond motifs is 6. The van der Waals surface area contributed by atoms with Gasteiger partial charge in [0.15, 0.2) is 11.7 Å². The molecule has 0 fully saturated rings. The Balaban J connectivity index is 1.00. The van der Waals surface area contributed by atoms with E-state index in [0.717, 1.165) is 78.1 Å². The Labute approximate surface area is 361 Å². The van der Waals surface area contributed by atoms with Crippen LogP contribution in [0.1, 0.15) is 45.7 Å². The highest BCUT2D eigenvalue weighted by atomic mass is 32.1. The number of rotatable bonds is 7.